The minimum atomic E-state index is 0.493. The number of hydrogen-bond donors (Lipinski definition) is 0. The largest absolute Gasteiger partial charge is 0.289 e. The number of pyridine rings is 1. The third kappa shape index (κ3) is 3.03. The monoisotopic (exact) mass is 344 g/mol. The average Bonchev–Trinajstić information content (AvgIpc) is 2.80. The first-order valence-corrected chi connectivity index (χ1v) is 8.78. The van der Waals surface area contributed by atoms with Crippen LogP contribution in [0.5, 0.6) is 0 Å². The second-order valence-electron chi connectivity index (χ2n) is 6.34. The Kier molecular flexibility index (Phi) is 4.14. The summed E-state index contributed by atoms with van der Waals surface area (Å²) in [6, 6.07) is 13.7. The minimum absolute atomic E-state index is 0.493. The van der Waals surface area contributed by atoms with Crippen LogP contribution >= 0.6 is 23.2 Å². The second-order valence-corrected chi connectivity index (χ2v) is 7.13. The normalized spacial score (nSPS) is 23.8. The molecule has 118 valence electrons. The predicted molar refractivity (Wildman–Crippen MR) is 95.6 cm³/mol. The maximum atomic E-state index is 6.34. The number of rotatable bonds is 3. The molecule has 1 aromatic heterocycles. The van der Waals surface area contributed by atoms with Crippen molar-refractivity contribution in [3.63, 3.8) is 0 Å². The standard InChI is InChI=1S/C19H18Cl2N2/c20-18-11-22-19(21)10-17(18)14-8-15-6-7-16(9-14)23(15)12-13-4-2-1-3-5-13/h1-5,8,10-11,15-16H,6-7,9,12H2. The fraction of sp³-hybridized carbons (Fsp3) is 0.316. The summed E-state index contributed by atoms with van der Waals surface area (Å²) in [5.41, 5.74) is 3.74. The molecule has 0 spiro atoms. The molecule has 1 saturated heterocycles. The van der Waals surface area contributed by atoms with Crippen LogP contribution in [0.15, 0.2) is 48.7 Å². The Balaban J connectivity index is 1.60. The summed E-state index contributed by atoms with van der Waals surface area (Å²) in [7, 11) is 0. The molecule has 2 unspecified atom stereocenters. The summed E-state index contributed by atoms with van der Waals surface area (Å²) in [6.07, 6.45) is 7.52. The maximum absolute atomic E-state index is 6.34. The molecule has 1 fully saturated rings. The Morgan fingerprint density at radius 2 is 1.96 bits per heavy atom. The van der Waals surface area contributed by atoms with E-state index in [0.717, 1.165) is 18.5 Å². The number of hydrogen-bond acceptors (Lipinski definition) is 2. The molecule has 4 rings (SSSR count). The average molecular weight is 345 g/mol. The number of halogens is 2. The van der Waals surface area contributed by atoms with Crippen LogP contribution in [0.3, 0.4) is 0 Å². The molecule has 2 aliphatic heterocycles. The molecule has 2 aromatic rings. The van der Waals surface area contributed by atoms with Crippen LogP contribution < -0.4 is 0 Å². The first-order chi connectivity index (χ1) is 11.2. The molecular formula is C19H18Cl2N2. The van der Waals surface area contributed by atoms with Crippen LogP contribution in [0.1, 0.15) is 30.4 Å². The maximum Gasteiger partial charge on any atom is 0.129 e. The Labute approximate surface area is 146 Å². The van der Waals surface area contributed by atoms with Gasteiger partial charge in [0, 0.05) is 30.4 Å². The van der Waals surface area contributed by atoms with E-state index >= 15 is 0 Å². The molecule has 0 saturated carbocycles. The van der Waals surface area contributed by atoms with E-state index in [2.05, 4.69) is 46.3 Å². The lowest BCUT2D eigenvalue weighted by Crippen LogP contribution is -2.37. The first kappa shape index (κ1) is 15.2. The lowest BCUT2D eigenvalue weighted by atomic mass is 9.95. The van der Waals surface area contributed by atoms with Gasteiger partial charge in [0.15, 0.2) is 0 Å². The van der Waals surface area contributed by atoms with Crippen LogP contribution in [0.4, 0.5) is 0 Å². The van der Waals surface area contributed by atoms with Gasteiger partial charge in [0.2, 0.25) is 0 Å². The molecule has 2 nitrogen and oxygen atoms in total. The smallest absolute Gasteiger partial charge is 0.129 e. The van der Waals surface area contributed by atoms with Crippen LogP contribution in [0.25, 0.3) is 5.57 Å². The fourth-order valence-corrected chi connectivity index (χ4v) is 4.20. The van der Waals surface area contributed by atoms with Crippen LogP contribution in [-0.4, -0.2) is 22.0 Å². The van der Waals surface area contributed by atoms with Crippen molar-refractivity contribution < 1.29 is 0 Å². The quantitative estimate of drug-likeness (QED) is 0.710. The highest BCUT2D eigenvalue weighted by Gasteiger charge is 2.36. The van der Waals surface area contributed by atoms with E-state index in [1.54, 1.807) is 6.20 Å². The molecule has 2 aliphatic rings. The topological polar surface area (TPSA) is 16.1 Å². The van der Waals surface area contributed by atoms with Gasteiger partial charge in [-0.05, 0) is 36.5 Å². The van der Waals surface area contributed by atoms with Gasteiger partial charge in [0.05, 0.1) is 5.02 Å². The van der Waals surface area contributed by atoms with Crippen molar-refractivity contribution in [2.45, 2.75) is 37.9 Å². The van der Waals surface area contributed by atoms with Crippen molar-refractivity contribution in [1.29, 1.82) is 0 Å². The van der Waals surface area contributed by atoms with E-state index in [0.29, 0.717) is 22.3 Å². The third-order valence-corrected chi connectivity index (χ3v) is 5.42. The molecule has 23 heavy (non-hydrogen) atoms. The van der Waals surface area contributed by atoms with Crippen molar-refractivity contribution in [1.82, 2.24) is 9.88 Å². The highest BCUT2D eigenvalue weighted by molar-refractivity contribution is 6.33. The Morgan fingerprint density at radius 3 is 2.74 bits per heavy atom. The van der Waals surface area contributed by atoms with Gasteiger partial charge in [-0.25, -0.2) is 4.98 Å². The molecular weight excluding hydrogens is 327 g/mol. The molecule has 4 heteroatoms. The Hall–Kier alpha value is -1.35. The highest BCUT2D eigenvalue weighted by atomic mass is 35.5. The van der Waals surface area contributed by atoms with Crippen molar-refractivity contribution in [2.24, 2.45) is 0 Å². The van der Waals surface area contributed by atoms with Crippen LogP contribution in [0.2, 0.25) is 10.2 Å². The number of aromatic nitrogens is 1. The molecule has 2 atom stereocenters. The van der Waals surface area contributed by atoms with Gasteiger partial charge in [-0.2, -0.15) is 0 Å². The van der Waals surface area contributed by atoms with Crippen LogP contribution in [0, 0.1) is 0 Å². The zero-order valence-corrected chi connectivity index (χ0v) is 14.3. The lowest BCUT2D eigenvalue weighted by molar-refractivity contribution is 0.203. The van der Waals surface area contributed by atoms with E-state index < -0.39 is 0 Å². The summed E-state index contributed by atoms with van der Waals surface area (Å²) < 4.78 is 0. The van der Waals surface area contributed by atoms with Crippen molar-refractivity contribution >= 4 is 28.8 Å². The van der Waals surface area contributed by atoms with E-state index in [-0.39, 0.29) is 0 Å². The fourth-order valence-electron chi connectivity index (χ4n) is 3.82. The predicted octanol–water partition coefficient (Wildman–Crippen LogP) is 5.21. The van der Waals surface area contributed by atoms with Gasteiger partial charge in [0.25, 0.3) is 0 Å². The summed E-state index contributed by atoms with van der Waals surface area (Å²) in [5, 5.41) is 1.20. The van der Waals surface area contributed by atoms with Crippen molar-refractivity contribution in [2.75, 3.05) is 0 Å². The zero-order chi connectivity index (χ0) is 15.8. The van der Waals surface area contributed by atoms with Gasteiger partial charge in [0.1, 0.15) is 5.15 Å². The number of fused-ring (bicyclic) bond motifs is 2. The Bertz CT molecular complexity index is 742. The van der Waals surface area contributed by atoms with E-state index in [1.807, 2.05) is 6.07 Å². The summed E-state index contributed by atoms with van der Waals surface area (Å²) >= 11 is 12.4. The van der Waals surface area contributed by atoms with Gasteiger partial charge >= 0.3 is 0 Å². The number of benzene rings is 1. The molecule has 0 aliphatic carbocycles. The summed E-state index contributed by atoms with van der Waals surface area (Å²) in [5.74, 6) is 0. The van der Waals surface area contributed by atoms with Crippen molar-refractivity contribution in [3.8, 4) is 0 Å². The molecule has 3 heterocycles. The number of nitrogens with zero attached hydrogens (tertiary/aromatic N) is 2. The van der Waals surface area contributed by atoms with Crippen molar-refractivity contribution in [3.05, 3.63) is 70.0 Å². The molecule has 0 radical (unpaired) electrons. The van der Waals surface area contributed by atoms with E-state index in [9.17, 15) is 0 Å². The summed E-state index contributed by atoms with van der Waals surface area (Å²) in [4.78, 5) is 6.68. The molecule has 0 amide bonds. The summed E-state index contributed by atoms with van der Waals surface area (Å²) in [6.45, 7) is 1.02. The van der Waals surface area contributed by atoms with Gasteiger partial charge in [-0.1, -0.05) is 59.6 Å². The van der Waals surface area contributed by atoms with E-state index in [1.165, 1.54) is 24.0 Å². The first-order valence-electron chi connectivity index (χ1n) is 8.02. The molecule has 0 N–H and O–H groups in total. The second kappa shape index (κ2) is 6.27. The minimum Gasteiger partial charge on any atom is -0.289 e. The SMILES string of the molecule is Clc1cc(C2=CC3CCC(C2)N3Cc2ccccc2)c(Cl)cn1. The molecule has 1 aromatic carbocycles. The zero-order valence-electron chi connectivity index (χ0n) is 12.8. The highest BCUT2D eigenvalue weighted by Crippen LogP contribution is 2.41. The van der Waals surface area contributed by atoms with Gasteiger partial charge in [-0.15, -0.1) is 0 Å². The third-order valence-electron chi connectivity index (χ3n) is 4.92. The van der Waals surface area contributed by atoms with Crippen LogP contribution in [-0.2, 0) is 6.54 Å². The van der Waals surface area contributed by atoms with Gasteiger partial charge < -0.3 is 0 Å². The Morgan fingerprint density at radius 1 is 1.13 bits per heavy atom. The molecule has 2 bridgehead atoms. The van der Waals surface area contributed by atoms with Gasteiger partial charge in [-0.3, -0.25) is 4.90 Å². The lowest BCUT2D eigenvalue weighted by Gasteiger charge is -2.34. The van der Waals surface area contributed by atoms with E-state index in [4.69, 9.17) is 23.2 Å².